The van der Waals surface area contributed by atoms with Crippen molar-refractivity contribution in [2.75, 3.05) is 26.6 Å². The summed E-state index contributed by atoms with van der Waals surface area (Å²) in [7, 11) is 4.45. The molecule has 0 aliphatic carbocycles. The first kappa shape index (κ1) is 17.8. The Hall–Kier alpha value is -2.53. The molecule has 1 N–H and O–H groups in total. The van der Waals surface area contributed by atoms with Crippen LogP contribution in [0, 0.1) is 6.92 Å². The van der Waals surface area contributed by atoms with E-state index >= 15 is 0 Å². The lowest BCUT2D eigenvalue weighted by molar-refractivity contribution is -0.153. The number of para-hydroxylation sites is 2. The van der Waals surface area contributed by atoms with Crippen LogP contribution in [-0.4, -0.2) is 33.4 Å². The van der Waals surface area contributed by atoms with Gasteiger partial charge in [-0.2, -0.15) is 0 Å². The molecular formula is C19H23NO4. The molecule has 128 valence electrons. The molecule has 5 heteroatoms. The van der Waals surface area contributed by atoms with E-state index in [1.54, 1.807) is 7.11 Å². The van der Waals surface area contributed by atoms with E-state index in [9.17, 15) is 4.79 Å². The first-order valence-electron chi connectivity index (χ1n) is 7.67. The molecule has 2 atom stereocenters. The van der Waals surface area contributed by atoms with E-state index in [0.29, 0.717) is 5.75 Å². The summed E-state index contributed by atoms with van der Waals surface area (Å²) in [4.78, 5) is 12.2. The van der Waals surface area contributed by atoms with Crippen LogP contribution in [0.4, 0.5) is 5.69 Å². The van der Waals surface area contributed by atoms with Crippen molar-refractivity contribution >= 4 is 11.7 Å². The van der Waals surface area contributed by atoms with Gasteiger partial charge in [-0.05, 0) is 24.6 Å². The van der Waals surface area contributed by atoms with E-state index in [4.69, 9.17) is 14.2 Å². The second-order valence-corrected chi connectivity index (χ2v) is 5.41. The highest BCUT2D eigenvalue weighted by molar-refractivity contribution is 5.77. The maximum absolute atomic E-state index is 12.2. The molecule has 0 saturated heterocycles. The molecule has 0 aromatic heterocycles. The average molecular weight is 329 g/mol. The predicted molar refractivity (Wildman–Crippen MR) is 93.3 cm³/mol. The monoisotopic (exact) mass is 329 g/mol. The van der Waals surface area contributed by atoms with E-state index in [1.165, 1.54) is 14.2 Å². The first-order chi connectivity index (χ1) is 11.6. The number of aryl methyl sites for hydroxylation is 1. The zero-order chi connectivity index (χ0) is 17.5. The zero-order valence-corrected chi connectivity index (χ0v) is 14.4. The maximum atomic E-state index is 12.2. The first-order valence-corrected chi connectivity index (χ1v) is 7.67. The number of methoxy groups -OCH3 is 3. The number of nitrogens with one attached hydrogen (secondary N) is 1. The van der Waals surface area contributed by atoms with Gasteiger partial charge in [0, 0.05) is 7.11 Å². The third-order valence-corrected chi connectivity index (χ3v) is 3.84. The van der Waals surface area contributed by atoms with Gasteiger partial charge in [0.05, 0.1) is 25.9 Å². The molecule has 2 rings (SSSR count). The molecule has 0 fully saturated rings. The summed E-state index contributed by atoms with van der Waals surface area (Å²) < 4.78 is 15.7. The highest BCUT2D eigenvalue weighted by Gasteiger charge is 2.31. The molecule has 2 aromatic rings. The van der Waals surface area contributed by atoms with E-state index in [0.717, 1.165) is 16.8 Å². The van der Waals surface area contributed by atoms with Crippen LogP contribution in [0.1, 0.15) is 17.2 Å². The number of anilines is 1. The largest absolute Gasteiger partial charge is 0.495 e. The Labute approximate surface area is 142 Å². The molecule has 0 aliphatic heterocycles. The van der Waals surface area contributed by atoms with Gasteiger partial charge < -0.3 is 19.5 Å². The molecule has 0 amide bonds. The molecule has 2 aromatic carbocycles. The number of hydrogen-bond acceptors (Lipinski definition) is 5. The fourth-order valence-corrected chi connectivity index (χ4v) is 2.52. The average Bonchev–Trinajstić information content (AvgIpc) is 2.62. The van der Waals surface area contributed by atoms with Gasteiger partial charge in [0.25, 0.3) is 0 Å². The maximum Gasteiger partial charge on any atom is 0.337 e. The lowest BCUT2D eigenvalue weighted by Gasteiger charge is -2.27. The molecule has 0 unspecified atom stereocenters. The van der Waals surface area contributed by atoms with Crippen molar-refractivity contribution in [3.05, 3.63) is 59.7 Å². The zero-order valence-electron chi connectivity index (χ0n) is 14.4. The van der Waals surface area contributed by atoms with Crippen molar-refractivity contribution in [1.82, 2.24) is 0 Å². The molecule has 0 bridgehead atoms. The fourth-order valence-electron chi connectivity index (χ4n) is 2.52. The summed E-state index contributed by atoms with van der Waals surface area (Å²) in [6, 6.07) is 15.1. The van der Waals surface area contributed by atoms with Crippen molar-refractivity contribution in [2.24, 2.45) is 0 Å². The van der Waals surface area contributed by atoms with Crippen LogP contribution in [0.25, 0.3) is 0 Å². The van der Waals surface area contributed by atoms with Crippen molar-refractivity contribution in [3.63, 3.8) is 0 Å². The third-order valence-electron chi connectivity index (χ3n) is 3.84. The predicted octanol–water partition coefficient (Wildman–Crippen LogP) is 3.34. The summed E-state index contributed by atoms with van der Waals surface area (Å²) in [5, 5.41) is 3.35. The van der Waals surface area contributed by atoms with Gasteiger partial charge in [0.1, 0.15) is 5.75 Å². The molecule has 0 spiro atoms. The van der Waals surface area contributed by atoms with Gasteiger partial charge in [-0.1, -0.05) is 42.0 Å². The van der Waals surface area contributed by atoms with Crippen molar-refractivity contribution in [3.8, 4) is 5.75 Å². The highest BCUT2D eigenvalue weighted by atomic mass is 16.6. The van der Waals surface area contributed by atoms with Gasteiger partial charge in [0.2, 0.25) is 0 Å². The van der Waals surface area contributed by atoms with Crippen LogP contribution >= 0.6 is 0 Å². The quantitative estimate of drug-likeness (QED) is 0.790. The molecule has 0 heterocycles. The normalized spacial score (nSPS) is 13.0. The Bertz CT molecular complexity index is 669. The van der Waals surface area contributed by atoms with Crippen molar-refractivity contribution < 1.29 is 19.0 Å². The summed E-state index contributed by atoms with van der Waals surface area (Å²) in [6.45, 7) is 2.01. The van der Waals surface area contributed by atoms with Crippen LogP contribution < -0.4 is 10.1 Å². The smallest absolute Gasteiger partial charge is 0.337 e. The number of esters is 1. The number of rotatable bonds is 7. The molecule has 0 saturated carbocycles. The van der Waals surface area contributed by atoms with Crippen molar-refractivity contribution in [1.29, 1.82) is 0 Å². The Morgan fingerprint density at radius 3 is 2.25 bits per heavy atom. The summed E-state index contributed by atoms with van der Waals surface area (Å²) >= 11 is 0. The highest BCUT2D eigenvalue weighted by Crippen LogP contribution is 2.31. The minimum absolute atomic E-state index is 0.417. The molecule has 5 nitrogen and oxygen atoms in total. The molecule has 0 aliphatic rings. The second-order valence-electron chi connectivity index (χ2n) is 5.41. The Balaban J connectivity index is 2.41. The Morgan fingerprint density at radius 1 is 1.00 bits per heavy atom. The number of carbonyl (C=O) groups excluding carboxylic acids is 1. The lowest BCUT2D eigenvalue weighted by atomic mass is 9.99. The molecule has 24 heavy (non-hydrogen) atoms. The van der Waals surface area contributed by atoms with Crippen LogP contribution in [0.5, 0.6) is 5.75 Å². The fraction of sp³-hybridized carbons (Fsp3) is 0.316. The summed E-state index contributed by atoms with van der Waals surface area (Å²) in [5.41, 5.74) is 2.84. The standard InChI is InChI=1S/C19H23NO4/c1-13-9-11-14(12-10-13)17(18(23-3)19(21)24-4)20-15-7-5-6-8-16(15)22-2/h5-12,17-18,20H,1-4H3/t17-,18-/m0/s1. The second kappa shape index (κ2) is 8.36. The SMILES string of the molecule is COC(=O)[C@@H](OC)[C@@H](Nc1ccccc1OC)c1ccc(C)cc1. The topological polar surface area (TPSA) is 56.8 Å². The number of ether oxygens (including phenoxy) is 3. The van der Waals surface area contributed by atoms with Crippen LogP contribution in [0.15, 0.2) is 48.5 Å². The molecule has 0 radical (unpaired) electrons. The van der Waals surface area contributed by atoms with Gasteiger partial charge in [0.15, 0.2) is 6.10 Å². The van der Waals surface area contributed by atoms with E-state index < -0.39 is 18.1 Å². The van der Waals surface area contributed by atoms with Crippen molar-refractivity contribution in [2.45, 2.75) is 19.1 Å². The van der Waals surface area contributed by atoms with Crippen LogP contribution in [-0.2, 0) is 14.3 Å². The minimum atomic E-state index is -0.789. The minimum Gasteiger partial charge on any atom is -0.495 e. The summed E-state index contributed by atoms with van der Waals surface area (Å²) in [6.07, 6.45) is -0.789. The van der Waals surface area contributed by atoms with E-state index in [2.05, 4.69) is 5.32 Å². The van der Waals surface area contributed by atoms with E-state index in [1.807, 2.05) is 55.5 Å². The van der Waals surface area contributed by atoms with Gasteiger partial charge >= 0.3 is 5.97 Å². The number of hydrogen-bond donors (Lipinski definition) is 1. The number of carbonyl (C=O) groups is 1. The van der Waals surface area contributed by atoms with Gasteiger partial charge in [-0.15, -0.1) is 0 Å². The van der Waals surface area contributed by atoms with E-state index in [-0.39, 0.29) is 0 Å². The summed E-state index contributed by atoms with van der Waals surface area (Å²) in [5.74, 6) is 0.250. The third kappa shape index (κ3) is 4.06. The lowest BCUT2D eigenvalue weighted by Crippen LogP contribution is -2.35. The van der Waals surface area contributed by atoms with Crippen LogP contribution in [0.2, 0.25) is 0 Å². The number of benzene rings is 2. The van der Waals surface area contributed by atoms with Gasteiger partial charge in [-0.3, -0.25) is 0 Å². The van der Waals surface area contributed by atoms with Gasteiger partial charge in [-0.25, -0.2) is 4.79 Å². The molecular weight excluding hydrogens is 306 g/mol. The Kier molecular flexibility index (Phi) is 6.21. The van der Waals surface area contributed by atoms with Crippen LogP contribution in [0.3, 0.4) is 0 Å². The Morgan fingerprint density at radius 2 is 1.67 bits per heavy atom.